The molecule has 0 atom stereocenters. The smallest absolute Gasteiger partial charge is 0.254 e. The third kappa shape index (κ3) is 4.25. The van der Waals surface area contributed by atoms with Crippen molar-refractivity contribution in [2.24, 2.45) is 5.73 Å². The molecule has 3 heterocycles. The van der Waals surface area contributed by atoms with Crippen molar-refractivity contribution in [1.29, 1.82) is 0 Å². The van der Waals surface area contributed by atoms with Gasteiger partial charge in [0.15, 0.2) is 0 Å². The molecule has 0 spiro atoms. The lowest BCUT2D eigenvalue weighted by Crippen LogP contribution is -2.20. The highest BCUT2D eigenvalue weighted by Gasteiger charge is 2.26. The summed E-state index contributed by atoms with van der Waals surface area (Å²) in [6.45, 7) is 2.52. The summed E-state index contributed by atoms with van der Waals surface area (Å²) in [4.78, 5) is 12.7. The first kappa shape index (κ1) is 22.1. The highest BCUT2D eigenvalue weighted by Crippen LogP contribution is 2.36. The molecular weight excluding hydrogens is 450 g/mol. The summed E-state index contributed by atoms with van der Waals surface area (Å²) in [6.07, 6.45) is 4.04. The van der Waals surface area contributed by atoms with Crippen molar-refractivity contribution in [3.8, 4) is 22.8 Å². The third-order valence-electron chi connectivity index (χ3n) is 6.70. The normalized spacial score (nSPS) is 14.6. The van der Waals surface area contributed by atoms with E-state index >= 15 is 0 Å². The van der Waals surface area contributed by atoms with Gasteiger partial charge in [0.05, 0.1) is 0 Å². The Kier molecular flexibility index (Phi) is 5.75. The van der Waals surface area contributed by atoms with Crippen LogP contribution in [0.3, 0.4) is 0 Å². The molecule has 180 valence electrons. The van der Waals surface area contributed by atoms with Gasteiger partial charge in [-0.15, -0.1) is 0 Å². The van der Waals surface area contributed by atoms with E-state index in [-0.39, 0.29) is 0 Å². The van der Waals surface area contributed by atoms with Gasteiger partial charge in [0, 0.05) is 24.3 Å². The van der Waals surface area contributed by atoms with Crippen LogP contribution in [-0.4, -0.2) is 28.8 Å². The second-order valence-corrected chi connectivity index (χ2v) is 9.03. The summed E-state index contributed by atoms with van der Waals surface area (Å²) < 4.78 is 7.76. The molecule has 0 unspecified atom stereocenters. The molecule has 4 N–H and O–H groups in total. The minimum absolute atomic E-state index is 0.395. The van der Waals surface area contributed by atoms with E-state index in [0.717, 1.165) is 42.9 Å². The molecule has 6 rings (SSSR count). The fourth-order valence-electron chi connectivity index (χ4n) is 4.84. The first-order valence-corrected chi connectivity index (χ1v) is 12.2. The fourth-order valence-corrected chi connectivity index (χ4v) is 4.84. The maximum Gasteiger partial charge on any atom is 0.254 e. The number of carbonyl (C=O) groups excluding carboxylic acids is 1. The van der Waals surface area contributed by atoms with Gasteiger partial charge >= 0.3 is 0 Å². The summed E-state index contributed by atoms with van der Waals surface area (Å²) in [7, 11) is 0. The monoisotopic (exact) mass is 477 g/mol. The van der Waals surface area contributed by atoms with Gasteiger partial charge in [0.25, 0.3) is 5.91 Å². The molecule has 3 aromatic carbocycles. The summed E-state index contributed by atoms with van der Waals surface area (Å²) in [5, 5.41) is 11.7. The van der Waals surface area contributed by atoms with E-state index in [1.807, 2.05) is 59.3 Å². The first-order chi connectivity index (χ1) is 17.7. The van der Waals surface area contributed by atoms with E-state index in [4.69, 9.17) is 15.6 Å². The number of hydrogen-bond donors (Lipinski definition) is 3. The van der Waals surface area contributed by atoms with Gasteiger partial charge in [-0.2, -0.15) is 5.10 Å². The van der Waals surface area contributed by atoms with Crippen LogP contribution in [0.4, 0.5) is 11.5 Å². The number of para-hydroxylation sites is 1. The lowest BCUT2D eigenvalue weighted by molar-refractivity contribution is 0.100. The summed E-state index contributed by atoms with van der Waals surface area (Å²) in [5.41, 5.74) is 12.4. The van der Waals surface area contributed by atoms with Crippen LogP contribution in [0, 0.1) is 0 Å². The molecule has 0 bridgehead atoms. The highest BCUT2D eigenvalue weighted by molar-refractivity contribution is 6.04. The van der Waals surface area contributed by atoms with E-state index in [1.54, 1.807) is 0 Å². The molecule has 1 aromatic heterocycles. The number of nitrogens with two attached hydrogens (primary N) is 1. The first-order valence-electron chi connectivity index (χ1n) is 12.2. The largest absolute Gasteiger partial charge is 0.457 e. The number of amides is 1. The highest BCUT2D eigenvalue weighted by atomic mass is 16.5. The Morgan fingerprint density at radius 1 is 0.944 bits per heavy atom. The van der Waals surface area contributed by atoms with Crippen molar-refractivity contribution in [3.63, 3.8) is 0 Å². The summed E-state index contributed by atoms with van der Waals surface area (Å²) >= 11 is 0. The quantitative estimate of drug-likeness (QED) is 0.371. The van der Waals surface area contributed by atoms with Crippen LogP contribution in [0.15, 0.2) is 78.9 Å². The summed E-state index contributed by atoms with van der Waals surface area (Å²) in [5.74, 6) is 1.60. The number of rotatable bonds is 5. The number of primary amides is 1. The zero-order chi connectivity index (χ0) is 24.5. The standard InChI is InChI=1S/C29H27N5O2/c30-28(35)26-27(21-8-10-24(11-9-21)36-23-4-2-1-3-5-23)33-34-17-14-20-6-7-22(18-25(20)32-29(26)34)19-12-15-31-16-13-19/h1-12,18,31-32H,13-17H2,(H2,30,35). The van der Waals surface area contributed by atoms with Crippen LogP contribution in [0.25, 0.3) is 16.8 Å². The van der Waals surface area contributed by atoms with Crippen LogP contribution in [0.5, 0.6) is 11.5 Å². The number of nitrogens with zero attached hydrogens (tertiary/aromatic N) is 2. The predicted molar refractivity (Wildman–Crippen MR) is 142 cm³/mol. The Balaban J connectivity index is 1.33. The number of ether oxygens (including phenoxy) is 1. The lowest BCUT2D eigenvalue weighted by Gasteiger charge is -2.16. The number of aryl methyl sites for hydroxylation is 2. The number of carbonyl (C=O) groups is 1. The number of aromatic nitrogens is 2. The average Bonchev–Trinajstić information content (AvgIpc) is 3.18. The number of benzene rings is 3. The number of fused-ring (bicyclic) bond motifs is 2. The Labute approximate surface area is 209 Å². The second-order valence-electron chi connectivity index (χ2n) is 9.03. The second kappa shape index (κ2) is 9.36. The molecule has 0 saturated heterocycles. The fraction of sp³-hybridized carbons (Fsp3) is 0.172. The molecule has 0 fully saturated rings. The summed E-state index contributed by atoms with van der Waals surface area (Å²) in [6, 6.07) is 23.7. The molecule has 2 aliphatic rings. The maximum absolute atomic E-state index is 12.7. The molecule has 0 radical (unpaired) electrons. The molecule has 7 nitrogen and oxygen atoms in total. The molecule has 36 heavy (non-hydrogen) atoms. The zero-order valence-electron chi connectivity index (χ0n) is 19.8. The number of hydrogen-bond acceptors (Lipinski definition) is 5. The Bertz CT molecular complexity index is 1460. The van der Waals surface area contributed by atoms with E-state index in [9.17, 15) is 4.79 Å². The van der Waals surface area contributed by atoms with E-state index in [2.05, 4.69) is 34.9 Å². The zero-order valence-corrected chi connectivity index (χ0v) is 19.8. The van der Waals surface area contributed by atoms with Crippen molar-refractivity contribution in [3.05, 3.63) is 95.6 Å². The molecule has 2 aliphatic heterocycles. The molecule has 7 heteroatoms. The van der Waals surface area contributed by atoms with Crippen LogP contribution < -0.4 is 21.1 Å². The predicted octanol–water partition coefficient (Wildman–Crippen LogP) is 5.12. The van der Waals surface area contributed by atoms with Gasteiger partial charge in [0.2, 0.25) is 0 Å². The average molecular weight is 478 g/mol. The van der Waals surface area contributed by atoms with E-state index in [1.165, 1.54) is 16.7 Å². The maximum atomic E-state index is 12.7. The van der Waals surface area contributed by atoms with E-state index < -0.39 is 5.91 Å². The van der Waals surface area contributed by atoms with Crippen LogP contribution in [0.2, 0.25) is 0 Å². The van der Waals surface area contributed by atoms with Crippen molar-refractivity contribution >= 4 is 23.0 Å². The van der Waals surface area contributed by atoms with E-state index in [0.29, 0.717) is 29.4 Å². The minimum atomic E-state index is -0.510. The van der Waals surface area contributed by atoms with Crippen molar-refractivity contribution in [1.82, 2.24) is 15.1 Å². The Morgan fingerprint density at radius 3 is 2.47 bits per heavy atom. The number of anilines is 2. The molecule has 1 amide bonds. The Morgan fingerprint density at radius 2 is 1.72 bits per heavy atom. The van der Waals surface area contributed by atoms with Gasteiger partial charge in [-0.3, -0.25) is 4.79 Å². The van der Waals surface area contributed by atoms with Crippen LogP contribution in [0.1, 0.15) is 27.9 Å². The van der Waals surface area contributed by atoms with Crippen molar-refractivity contribution in [2.75, 3.05) is 18.4 Å². The number of nitrogens with one attached hydrogen (secondary N) is 2. The van der Waals surface area contributed by atoms with Gasteiger partial charge in [-0.05, 0) is 78.6 Å². The SMILES string of the molecule is NC(=O)c1c(-c2ccc(Oc3ccccc3)cc2)nn2c1Nc1cc(C3=CCNCC3)ccc1CC2. The van der Waals surface area contributed by atoms with Gasteiger partial charge in [-0.1, -0.05) is 36.4 Å². The molecule has 0 aliphatic carbocycles. The van der Waals surface area contributed by atoms with Gasteiger partial charge in [0.1, 0.15) is 28.6 Å². The molecular formula is C29H27N5O2. The third-order valence-corrected chi connectivity index (χ3v) is 6.70. The van der Waals surface area contributed by atoms with Gasteiger partial charge < -0.3 is 21.1 Å². The molecule has 0 saturated carbocycles. The van der Waals surface area contributed by atoms with Crippen LogP contribution in [-0.2, 0) is 13.0 Å². The van der Waals surface area contributed by atoms with Crippen molar-refractivity contribution in [2.45, 2.75) is 19.4 Å². The molecule has 4 aromatic rings. The van der Waals surface area contributed by atoms with Gasteiger partial charge in [-0.25, -0.2) is 4.68 Å². The van der Waals surface area contributed by atoms with Crippen LogP contribution >= 0.6 is 0 Å². The minimum Gasteiger partial charge on any atom is -0.457 e. The Hall–Kier alpha value is -4.36. The lowest BCUT2D eigenvalue weighted by atomic mass is 9.97. The van der Waals surface area contributed by atoms with Crippen molar-refractivity contribution < 1.29 is 9.53 Å². The topological polar surface area (TPSA) is 94.2 Å².